The first kappa shape index (κ1) is 21.7. The Kier molecular flexibility index (Phi) is 11.5. The summed E-state index contributed by atoms with van der Waals surface area (Å²) in [6.07, 6.45) is 2.44. The molecule has 0 bridgehead atoms. The predicted molar refractivity (Wildman–Crippen MR) is 98.4 cm³/mol. The van der Waals surface area contributed by atoms with Crippen molar-refractivity contribution in [3.63, 3.8) is 0 Å². The van der Waals surface area contributed by atoms with Gasteiger partial charge in [0.1, 0.15) is 5.75 Å². The molecule has 0 unspecified atom stereocenters. The van der Waals surface area contributed by atoms with E-state index in [4.69, 9.17) is 4.74 Å². The molecule has 1 rings (SSSR count). The number of carbonyl (C=O) groups excluding carboxylic acids is 1. The Labute approximate surface area is 146 Å². The van der Waals surface area contributed by atoms with Crippen LogP contribution in [0.4, 0.5) is 0 Å². The Morgan fingerprint density at radius 3 is 2.70 bits per heavy atom. The van der Waals surface area contributed by atoms with Crippen molar-refractivity contribution in [1.82, 2.24) is 10.6 Å². The van der Waals surface area contributed by atoms with E-state index in [1.807, 2.05) is 19.2 Å². The lowest BCUT2D eigenvalue weighted by molar-refractivity contribution is -0.121. The van der Waals surface area contributed by atoms with Gasteiger partial charge in [0.05, 0.1) is 6.61 Å². The lowest BCUT2D eigenvalue weighted by Crippen LogP contribution is -2.24. The summed E-state index contributed by atoms with van der Waals surface area (Å²) in [4.78, 5) is 11.8. The molecule has 5 heteroatoms. The van der Waals surface area contributed by atoms with E-state index in [1.54, 1.807) is 0 Å². The molecule has 132 valence electrons. The molecule has 0 fully saturated rings. The molecule has 2 N–H and O–H groups in total. The Morgan fingerprint density at radius 2 is 2.04 bits per heavy atom. The van der Waals surface area contributed by atoms with Crippen LogP contribution < -0.4 is 15.4 Å². The fraction of sp³-hybridized carbons (Fsp3) is 0.611. The SMILES string of the molecule is CNCCCC(=O)NCc1ccc(C)cc1OCCC(C)C.Cl. The predicted octanol–water partition coefficient (Wildman–Crippen LogP) is 3.46. The summed E-state index contributed by atoms with van der Waals surface area (Å²) >= 11 is 0. The van der Waals surface area contributed by atoms with Gasteiger partial charge in [-0.2, -0.15) is 0 Å². The van der Waals surface area contributed by atoms with E-state index in [0.717, 1.165) is 30.7 Å². The maximum Gasteiger partial charge on any atom is 0.220 e. The molecule has 1 aromatic rings. The summed E-state index contributed by atoms with van der Waals surface area (Å²) < 4.78 is 5.90. The Morgan fingerprint density at radius 1 is 1.30 bits per heavy atom. The van der Waals surface area contributed by atoms with Crippen molar-refractivity contribution in [2.45, 2.75) is 46.6 Å². The summed E-state index contributed by atoms with van der Waals surface area (Å²) in [5.41, 5.74) is 2.21. The molecule has 4 nitrogen and oxygen atoms in total. The number of ether oxygens (including phenoxy) is 1. The molecular formula is C18H31ClN2O2. The van der Waals surface area contributed by atoms with Crippen LogP contribution in [0, 0.1) is 12.8 Å². The number of aryl methyl sites for hydroxylation is 1. The van der Waals surface area contributed by atoms with Gasteiger partial charge in [0.25, 0.3) is 0 Å². The largest absolute Gasteiger partial charge is 0.493 e. The van der Waals surface area contributed by atoms with Gasteiger partial charge in [0, 0.05) is 18.5 Å². The molecule has 23 heavy (non-hydrogen) atoms. The second kappa shape index (κ2) is 12.2. The molecule has 0 aliphatic heterocycles. The van der Waals surface area contributed by atoms with Gasteiger partial charge in [-0.25, -0.2) is 0 Å². The van der Waals surface area contributed by atoms with Gasteiger partial charge < -0.3 is 15.4 Å². The minimum Gasteiger partial charge on any atom is -0.493 e. The van der Waals surface area contributed by atoms with Gasteiger partial charge in [-0.3, -0.25) is 4.79 Å². The summed E-state index contributed by atoms with van der Waals surface area (Å²) in [6.45, 7) is 8.52. The minimum atomic E-state index is 0. The Bertz CT molecular complexity index is 464. The van der Waals surface area contributed by atoms with Crippen LogP contribution in [0.3, 0.4) is 0 Å². The third kappa shape index (κ3) is 9.47. The first-order chi connectivity index (χ1) is 10.5. The van der Waals surface area contributed by atoms with Crippen LogP contribution in [0.25, 0.3) is 0 Å². The first-order valence-corrected chi connectivity index (χ1v) is 8.16. The third-order valence-corrected chi connectivity index (χ3v) is 3.48. The average molecular weight is 343 g/mol. The summed E-state index contributed by atoms with van der Waals surface area (Å²) in [5.74, 6) is 1.60. The molecule has 0 heterocycles. The third-order valence-electron chi connectivity index (χ3n) is 3.48. The maximum atomic E-state index is 11.8. The number of hydrogen-bond donors (Lipinski definition) is 2. The lowest BCUT2D eigenvalue weighted by atomic mass is 10.1. The number of amides is 1. The molecule has 0 spiro atoms. The highest BCUT2D eigenvalue weighted by atomic mass is 35.5. The van der Waals surface area contributed by atoms with Crippen molar-refractivity contribution in [2.24, 2.45) is 5.92 Å². The van der Waals surface area contributed by atoms with Gasteiger partial charge in [-0.1, -0.05) is 26.0 Å². The van der Waals surface area contributed by atoms with E-state index in [2.05, 4.69) is 37.5 Å². The fourth-order valence-corrected chi connectivity index (χ4v) is 2.05. The molecule has 0 atom stereocenters. The van der Waals surface area contributed by atoms with Crippen LogP contribution in [0.1, 0.15) is 44.2 Å². The highest BCUT2D eigenvalue weighted by Crippen LogP contribution is 2.21. The monoisotopic (exact) mass is 342 g/mol. The zero-order chi connectivity index (χ0) is 16.4. The van der Waals surface area contributed by atoms with Crippen LogP contribution in [0.5, 0.6) is 5.75 Å². The smallest absolute Gasteiger partial charge is 0.220 e. The highest BCUT2D eigenvalue weighted by molar-refractivity contribution is 5.85. The summed E-state index contributed by atoms with van der Waals surface area (Å²) in [5, 5.41) is 6.01. The molecule has 0 radical (unpaired) electrons. The van der Waals surface area contributed by atoms with Gasteiger partial charge in [-0.15, -0.1) is 12.4 Å². The maximum absolute atomic E-state index is 11.8. The summed E-state index contributed by atoms with van der Waals surface area (Å²) in [7, 11) is 1.89. The van der Waals surface area contributed by atoms with Crippen molar-refractivity contribution in [2.75, 3.05) is 20.2 Å². The van der Waals surface area contributed by atoms with E-state index in [0.29, 0.717) is 25.5 Å². The molecular weight excluding hydrogens is 312 g/mol. The standard InChI is InChI=1S/C18H30N2O2.ClH/c1-14(2)9-11-22-17-12-15(3)7-8-16(17)13-20-18(21)6-5-10-19-4;/h7-8,12,14,19H,5-6,9-11,13H2,1-4H3,(H,20,21);1H. The van der Waals surface area contributed by atoms with E-state index < -0.39 is 0 Å². The summed E-state index contributed by atoms with van der Waals surface area (Å²) in [6, 6.07) is 6.13. The van der Waals surface area contributed by atoms with Crippen LogP contribution in [0.15, 0.2) is 18.2 Å². The number of carbonyl (C=O) groups is 1. The lowest BCUT2D eigenvalue weighted by Gasteiger charge is -2.14. The van der Waals surface area contributed by atoms with Crippen molar-refractivity contribution >= 4 is 18.3 Å². The normalized spacial score (nSPS) is 10.3. The molecule has 0 saturated heterocycles. The van der Waals surface area contributed by atoms with Gasteiger partial charge in [0.15, 0.2) is 0 Å². The number of benzene rings is 1. The van der Waals surface area contributed by atoms with E-state index in [-0.39, 0.29) is 18.3 Å². The van der Waals surface area contributed by atoms with E-state index in [1.165, 1.54) is 5.56 Å². The topological polar surface area (TPSA) is 50.4 Å². The fourth-order valence-electron chi connectivity index (χ4n) is 2.05. The second-order valence-corrected chi connectivity index (χ2v) is 6.13. The van der Waals surface area contributed by atoms with Crippen LogP contribution in [-0.2, 0) is 11.3 Å². The number of halogens is 1. The van der Waals surface area contributed by atoms with Gasteiger partial charge in [0.2, 0.25) is 5.91 Å². The van der Waals surface area contributed by atoms with Crippen LogP contribution in [0.2, 0.25) is 0 Å². The first-order valence-electron chi connectivity index (χ1n) is 8.16. The molecule has 0 aliphatic rings. The zero-order valence-electron chi connectivity index (χ0n) is 14.8. The van der Waals surface area contributed by atoms with Crippen LogP contribution in [-0.4, -0.2) is 26.1 Å². The molecule has 0 aliphatic carbocycles. The number of nitrogens with one attached hydrogen (secondary N) is 2. The Balaban J connectivity index is 0.00000484. The quantitative estimate of drug-likeness (QED) is 0.640. The van der Waals surface area contributed by atoms with Crippen LogP contribution >= 0.6 is 12.4 Å². The van der Waals surface area contributed by atoms with Crippen molar-refractivity contribution < 1.29 is 9.53 Å². The average Bonchev–Trinajstić information content (AvgIpc) is 2.46. The molecule has 0 saturated carbocycles. The molecule has 1 amide bonds. The zero-order valence-corrected chi connectivity index (χ0v) is 15.6. The van der Waals surface area contributed by atoms with Crippen molar-refractivity contribution in [3.8, 4) is 5.75 Å². The second-order valence-electron chi connectivity index (χ2n) is 6.13. The Hall–Kier alpha value is -1.26. The highest BCUT2D eigenvalue weighted by Gasteiger charge is 2.07. The van der Waals surface area contributed by atoms with Gasteiger partial charge in [-0.05, 0) is 50.9 Å². The van der Waals surface area contributed by atoms with E-state index in [9.17, 15) is 4.79 Å². The molecule has 0 aromatic heterocycles. The van der Waals surface area contributed by atoms with E-state index >= 15 is 0 Å². The minimum absolute atomic E-state index is 0. The molecule has 1 aromatic carbocycles. The van der Waals surface area contributed by atoms with Gasteiger partial charge >= 0.3 is 0 Å². The van der Waals surface area contributed by atoms with Crippen molar-refractivity contribution in [3.05, 3.63) is 29.3 Å². The number of hydrogen-bond acceptors (Lipinski definition) is 3. The number of rotatable bonds is 10. The van der Waals surface area contributed by atoms with Crippen molar-refractivity contribution in [1.29, 1.82) is 0 Å².